The molecule has 5 heteroatoms. The van der Waals surface area contributed by atoms with Gasteiger partial charge in [0, 0.05) is 45.0 Å². The first-order chi connectivity index (χ1) is 13.8. The van der Waals surface area contributed by atoms with E-state index in [0.717, 1.165) is 68.4 Å². The van der Waals surface area contributed by atoms with Crippen LogP contribution >= 0.6 is 0 Å². The monoisotopic (exact) mass is 376 g/mol. The van der Waals surface area contributed by atoms with Gasteiger partial charge in [-0.3, -0.25) is 4.90 Å². The third kappa shape index (κ3) is 3.47. The van der Waals surface area contributed by atoms with E-state index in [-0.39, 0.29) is 0 Å². The van der Waals surface area contributed by atoms with Crippen molar-refractivity contribution < 1.29 is 4.52 Å². The number of fused-ring (bicyclic) bond motifs is 2. The Labute approximate surface area is 166 Å². The zero-order valence-electron chi connectivity index (χ0n) is 16.5. The minimum atomic E-state index is 0.725. The molecular weight excluding hydrogens is 348 g/mol. The number of aromatic nitrogens is 1. The summed E-state index contributed by atoms with van der Waals surface area (Å²) in [7, 11) is 0. The van der Waals surface area contributed by atoms with Gasteiger partial charge in [-0.15, -0.1) is 0 Å². The Hall–Kier alpha value is -2.53. The zero-order valence-corrected chi connectivity index (χ0v) is 16.5. The van der Waals surface area contributed by atoms with E-state index < -0.39 is 0 Å². The molecule has 1 atom stereocenters. The number of piperazine rings is 1. The fourth-order valence-electron chi connectivity index (χ4n) is 4.45. The highest BCUT2D eigenvalue weighted by Gasteiger charge is 2.21. The van der Waals surface area contributed by atoms with Crippen molar-refractivity contribution in [3.05, 3.63) is 53.6 Å². The average Bonchev–Trinajstić information content (AvgIpc) is 3.16. The summed E-state index contributed by atoms with van der Waals surface area (Å²) < 4.78 is 5.48. The Bertz CT molecular complexity index is 958. The van der Waals surface area contributed by atoms with Crippen molar-refractivity contribution in [2.24, 2.45) is 5.92 Å². The van der Waals surface area contributed by atoms with Crippen molar-refractivity contribution in [2.75, 3.05) is 49.5 Å². The van der Waals surface area contributed by atoms with Gasteiger partial charge in [0.1, 0.15) is 0 Å². The van der Waals surface area contributed by atoms with E-state index in [9.17, 15) is 0 Å². The van der Waals surface area contributed by atoms with E-state index in [0.29, 0.717) is 0 Å². The summed E-state index contributed by atoms with van der Waals surface area (Å²) in [5.41, 5.74) is 5.14. The summed E-state index contributed by atoms with van der Waals surface area (Å²) in [5.74, 6) is 1.72. The molecule has 2 aliphatic rings. The smallest absolute Gasteiger partial charge is 0.180 e. The van der Waals surface area contributed by atoms with Crippen molar-refractivity contribution >= 4 is 22.5 Å². The molecule has 1 aromatic heterocycles. The van der Waals surface area contributed by atoms with E-state index in [4.69, 9.17) is 4.52 Å². The van der Waals surface area contributed by atoms with E-state index in [1.54, 1.807) is 0 Å². The highest BCUT2D eigenvalue weighted by atomic mass is 16.5. The quantitative estimate of drug-likeness (QED) is 0.750. The van der Waals surface area contributed by atoms with Gasteiger partial charge in [0.25, 0.3) is 0 Å². The predicted molar refractivity (Wildman–Crippen MR) is 114 cm³/mol. The third-order valence-electron chi connectivity index (χ3n) is 6.13. The second-order valence-corrected chi connectivity index (χ2v) is 8.26. The number of para-hydroxylation sites is 1. The molecule has 0 radical (unpaired) electrons. The highest BCUT2D eigenvalue weighted by molar-refractivity contribution is 5.88. The van der Waals surface area contributed by atoms with E-state index in [1.807, 2.05) is 18.2 Å². The molecule has 3 aromatic rings. The Morgan fingerprint density at radius 3 is 2.86 bits per heavy atom. The standard InChI is InChI=1S/C23H28N4O/c1-17-14-19-15-18(6-7-21(19)24-16-17)8-9-26-10-12-27(13-11-26)23-20-4-2-3-5-22(20)28-25-23/h2-7,15,17,24H,8-14,16H2,1H3. The van der Waals surface area contributed by atoms with Crippen LogP contribution in [0.25, 0.3) is 11.0 Å². The fourth-order valence-corrected chi connectivity index (χ4v) is 4.45. The maximum atomic E-state index is 5.48. The van der Waals surface area contributed by atoms with Crippen LogP contribution in [0.4, 0.5) is 11.5 Å². The maximum absolute atomic E-state index is 5.48. The van der Waals surface area contributed by atoms with E-state index >= 15 is 0 Å². The van der Waals surface area contributed by atoms with Crippen LogP contribution in [0.15, 0.2) is 47.0 Å². The number of hydrogen-bond donors (Lipinski definition) is 1. The minimum Gasteiger partial charge on any atom is -0.385 e. The van der Waals surface area contributed by atoms with Crippen LogP contribution in [0.1, 0.15) is 18.1 Å². The number of benzene rings is 2. The molecule has 1 unspecified atom stereocenters. The Morgan fingerprint density at radius 2 is 1.96 bits per heavy atom. The number of anilines is 2. The average molecular weight is 377 g/mol. The summed E-state index contributed by atoms with van der Waals surface area (Å²) in [4.78, 5) is 4.92. The molecule has 5 rings (SSSR count). The van der Waals surface area contributed by atoms with Crippen LogP contribution in [0.3, 0.4) is 0 Å². The van der Waals surface area contributed by atoms with Crippen LogP contribution < -0.4 is 10.2 Å². The van der Waals surface area contributed by atoms with E-state index in [1.165, 1.54) is 23.2 Å². The molecule has 2 aliphatic heterocycles. The van der Waals surface area contributed by atoms with Crippen LogP contribution in [0.2, 0.25) is 0 Å². The van der Waals surface area contributed by atoms with Crippen molar-refractivity contribution in [1.29, 1.82) is 0 Å². The molecule has 3 heterocycles. The largest absolute Gasteiger partial charge is 0.385 e. The molecule has 146 valence electrons. The first kappa shape index (κ1) is 17.6. The number of nitrogens with one attached hydrogen (secondary N) is 1. The molecule has 0 amide bonds. The first-order valence-electron chi connectivity index (χ1n) is 10.4. The lowest BCUT2D eigenvalue weighted by atomic mass is 9.93. The first-order valence-corrected chi connectivity index (χ1v) is 10.4. The van der Waals surface area contributed by atoms with Gasteiger partial charge in [0.15, 0.2) is 11.4 Å². The van der Waals surface area contributed by atoms with Crippen molar-refractivity contribution in [3.63, 3.8) is 0 Å². The van der Waals surface area contributed by atoms with Crippen LogP contribution in [0.5, 0.6) is 0 Å². The highest BCUT2D eigenvalue weighted by Crippen LogP contribution is 2.27. The Balaban J connectivity index is 1.17. The minimum absolute atomic E-state index is 0.725. The summed E-state index contributed by atoms with van der Waals surface area (Å²) in [6.45, 7) is 8.69. The van der Waals surface area contributed by atoms with Gasteiger partial charge in [-0.1, -0.05) is 36.3 Å². The summed E-state index contributed by atoms with van der Waals surface area (Å²) in [5, 5.41) is 8.98. The third-order valence-corrected chi connectivity index (χ3v) is 6.13. The fraction of sp³-hybridized carbons (Fsp3) is 0.435. The number of nitrogens with zero attached hydrogens (tertiary/aromatic N) is 3. The lowest BCUT2D eigenvalue weighted by Gasteiger charge is -2.34. The lowest BCUT2D eigenvalue weighted by Crippen LogP contribution is -2.47. The Morgan fingerprint density at radius 1 is 1.11 bits per heavy atom. The summed E-state index contributed by atoms with van der Waals surface area (Å²) in [6.07, 6.45) is 2.31. The second kappa shape index (κ2) is 7.47. The molecule has 1 saturated heterocycles. The van der Waals surface area contributed by atoms with Gasteiger partial charge in [-0.2, -0.15) is 0 Å². The van der Waals surface area contributed by atoms with Crippen LogP contribution in [-0.4, -0.2) is 49.3 Å². The second-order valence-electron chi connectivity index (χ2n) is 8.26. The normalized spacial score (nSPS) is 20.2. The molecular formula is C23H28N4O. The zero-order chi connectivity index (χ0) is 18.9. The van der Waals surface area contributed by atoms with Crippen LogP contribution in [0, 0.1) is 5.92 Å². The van der Waals surface area contributed by atoms with Gasteiger partial charge in [0.05, 0.1) is 5.39 Å². The van der Waals surface area contributed by atoms with Crippen molar-refractivity contribution in [2.45, 2.75) is 19.8 Å². The lowest BCUT2D eigenvalue weighted by molar-refractivity contribution is 0.259. The van der Waals surface area contributed by atoms with Gasteiger partial charge in [-0.05, 0) is 48.1 Å². The number of hydrogen-bond acceptors (Lipinski definition) is 5. The van der Waals surface area contributed by atoms with Gasteiger partial charge in [-0.25, -0.2) is 0 Å². The maximum Gasteiger partial charge on any atom is 0.180 e. The molecule has 0 spiro atoms. The SMILES string of the molecule is CC1CNc2ccc(CCN3CCN(c4noc5ccccc45)CC3)cc2C1. The van der Waals surface area contributed by atoms with E-state index in [2.05, 4.69) is 51.5 Å². The molecule has 1 fully saturated rings. The molecule has 5 nitrogen and oxygen atoms in total. The van der Waals surface area contributed by atoms with Gasteiger partial charge < -0.3 is 14.7 Å². The molecule has 2 aromatic carbocycles. The number of rotatable bonds is 4. The van der Waals surface area contributed by atoms with Crippen molar-refractivity contribution in [3.8, 4) is 0 Å². The summed E-state index contributed by atoms with van der Waals surface area (Å²) >= 11 is 0. The topological polar surface area (TPSA) is 44.5 Å². The van der Waals surface area contributed by atoms with Gasteiger partial charge >= 0.3 is 0 Å². The predicted octanol–water partition coefficient (Wildman–Crippen LogP) is 3.80. The van der Waals surface area contributed by atoms with Crippen molar-refractivity contribution in [1.82, 2.24) is 10.1 Å². The van der Waals surface area contributed by atoms with Gasteiger partial charge in [0.2, 0.25) is 0 Å². The molecule has 0 aliphatic carbocycles. The molecule has 1 N–H and O–H groups in total. The summed E-state index contributed by atoms with van der Waals surface area (Å²) in [6, 6.07) is 15.1. The molecule has 28 heavy (non-hydrogen) atoms. The Kier molecular flexibility index (Phi) is 4.69. The molecule has 0 saturated carbocycles. The molecule has 0 bridgehead atoms. The van der Waals surface area contributed by atoms with Crippen LogP contribution in [-0.2, 0) is 12.8 Å².